The van der Waals surface area contributed by atoms with Crippen molar-refractivity contribution < 1.29 is 53.3 Å². The number of hydrogen-bond acceptors (Lipinski definition) is 8. The molecule has 0 heterocycles. The molecule has 2 saturated carbocycles. The first-order valence-corrected chi connectivity index (χ1v) is 13.2. The van der Waals surface area contributed by atoms with Crippen LogP contribution < -0.4 is 4.74 Å². The summed E-state index contributed by atoms with van der Waals surface area (Å²) >= 11 is 6.47. The predicted molar refractivity (Wildman–Crippen MR) is 138 cm³/mol. The number of halogens is 4. The number of ether oxygens (including phenoxy) is 2. The van der Waals surface area contributed by atoms with Crippen LogP contribution in [0, 0.1) is 5.41 Å². The van der Waals surface area contributed by atoms with Crippen molar-refractivity contribution in [3.05, 3.63) is 64.2 Å². The summed E-state index contributed by atoms with van der Waals surface area (Å²) in [6.07, 6.45) is -12.6. The van der Waals surface area contributed by atoms with Crippen molar-refractivity contribution >= 4 is 11.6 Å². The van der Waals surface area contributed by atoms with Crippen molar-refractivity contribution in [3.63, 3.8) is 0 Å². The van der Waals surface area contributed by atoms with Gasteiger partial charge in [-0.3, -0.25) is 0 Å². The maximum atomic E-state index is 12.1. The molecule has 0 aliphatic heterocycles. The second-order valence-electron chi connectivity index (χ2n) is 11.2. The van der Waals surface area contributed by atoms with Gasteiger partial charge in [-0.25, -0.2) is 0 Å². The number of hydrogen-bond donors (Lipinski definition) is 6. The standard InChI is InChI=1S/C28H34ClF3O8/c1-25(2,38)26-13-20(33)28(24(26)37,23(36)21(34)22(26)35)17-5-8-19(29)16(12-17)11-15-3-6-18(7-4-15)40-10-9-39-14-27(30,31)32/h3-8,12,20-24,33-38H,9-11,13-14H2,1-2H3/t20?,21-,22-,23+,24?,26-,28-/m1/s1. The summed E-state index contributed by atoms with van der Waals surface area (Å²) in [5.41, 5.74) is -3.61. The van der Waals surface area contributed by atoms with Gasteiger partial charge in [0.25, 0.3) is 0 Å². The molecule has 0 radical (unpaired) electrons. The average molecular weight is 591 g/mol. The predicted octanol–water partition coefficient (Wildman–Crippen LogP) is 2.11. The van der Waals surface area contributed by atoms with Crippen LogP contribution in [0.3, 0.4) is 0 Å². The van der Waals surface area contributed by atoms with Gasteiger partial charge in [0.1, 0.15) is 25.1 Å². The van der Waals surface area contributed by atoms with E-state index in [1.807, 2.05) is 0 Å². The van der Waals surface area contributed by atoms with Crippen LogP contribution in [0.4, 0.5) is 13.2 Å². The molecule has 0 aromatic heterocycles. The van der Waals surface area contributed by atoms with Crippen LogP contribution in [0.25, 0.3) is 0 Å². The van der Waals surface area contributed by atoms with Gasteiger partial charge in [-0.05, 0) is 61.6 Å². The Bertz CT molecular complexity index is 1190. The van der Waals surface area contributed by atoms with E-state index in [0.29, 0.717) is 22.8 Å². The average Bonchev–Trinajstić information content (AvgIpc) is 3.08. The molecule has 8 nitrogen and oxygen atoms in total. The third kappa shape index (κ3) is 5.22. The summed E-state index contributed by atoms with van der Waals surface area (Å²) in [6.45, 7) is 1.12. The lowest BCUT2D eigenvalue weighted by Crippen LogP contribution is -2.72. The van der Waals surface area contributed by atoms with Crippen molar-refractivity contribution in [1.29, 1.82) is 0 Å². The van der Waals surface area contributed by atoms with Crippen LogP contribution in [0.15, 0.2) is 42.5 Å². The van der Waals surface area contributed by atoms with Gasteiger partial charge in [-0.15, -0.1) is 0 Å². The number of aliphatic hydroxyl groups excluding tert-OH is 5. The molecule has 2 aromatic carbocycles. The minimum atomic E-state index is -4.40. The molecule has 2 fully saturated rings. The van der Waals surface area contributed by atoms with Crippen LogP contribution in [0.2, 0.25) is 5.02 Å². The Morgan fingerprint density at radius 1 is 0.950 bits per heavy atom. The Morgan fingerprint density at radius 3 is 2.20 bits per heavy atom. The fraction of sp³-hybridized carbons (Fsp3) is 0.571. The van der Waals surface area contributed by atoms with Gasteiger partial charge in [0.05, 0.1) is 47.5 Å². The zero-order valence-electron chi connectivity index (χ0n) is 22.0. The lowest BCUT2D eigenvalue weighted by Gasteiger charge is -2.56. The molecular formula is C28H34ClF3O8. The summed E-state index contributed by atoms with van der Waals surface area (Å²) in [7, 11) is 0. The first-order chi connectivity index (χ1) is 18.6. The topological polar surface area (TPSA) is 140 Å². The molecule has 6 N–H and O–H groups in total. The Labute approximate surface area is 234 Å². The molecule has 12 heteroatoms. The molecule has 7 atom stereocenters. The maximum absolute atomic E-state index is 12.1. The Balaban J connectivity index is 1.56. The molecule has 2 aliphatic rings. The summed E-state index contributed by atoms with van der Waals surface area (Å²) in [6, 6.07) is 11.5. The van der Waals surface area contributed by atoms with Gasteiger partial charge in [0, 0.05) is 5.02 Å². The van der Waals surface area contributed by atoms with E-state index in [1.54, 1.807) is 36.4 Å². The normalized spacial score (nSPS) is 32.4. The molecule has 0 spiro atoms. The van der Waals surface area contributed by atoms with E-state index in [-0.39, 0.29) is 25.2 Å². The second kappa shape index (κ2) is 11.0. The maximum Gasteiger partial charge on any atom is 0.411 e. The zero-order chi connectivity index (χ0) is 29.7. The third-order valence-corrected chi connectivity index (χ3v) is 8.82. The van der Waals surface area contributed by atoms with E-state index in [2.05, 4.69) is 4.74 Å². The molecule has 2 aliphatic carbocycles. The van der Waals surface area contributed by atoms with E-state index in [9.17, 15) is 43.8 Å². The van der Waals surface area contributed by atoms with E-state index in [1.165, 1.54) is 19.9 Å². The fourth-order valence-electron chi connectivity index (χ4n) is 6.39. The number of aliphatic hydroxyl groups is 6. The monoisotopic (exact) mass is 590 g/mol. The zero-order valence-corrected chi connectivity index (χ0v) is 22.7. The van der Waals surface area contributed by atoms with Crippen molar-refractivity contribution in [2.75, 3.05) is 19.8 Å². The van der Waals surface area contributed by atoms with Crippen LogP contribution in [-0.2, 0) is 16.6 Å². The van der Waals surface area contributed by atoms with Crippen LogP contribution in [-0.4, -0.2) is 92.8 Å². The SMILES string of the molecule is CC(C)(O)[C@@]12CC(O)[C@@](c3ccc(Cl)c(Cc4ccc(OCCOCC(F)(F)F)cc4)c3)(C1O)[C@@H](O)[C@H](O)[C@H]2O. The molecule has 2 aromatic rings. The summed E-state index contributed by atoms with van der Waals surface area (Å²) in [5.74, 6) is 0.427. The van der Waals surface area contributed by atoms with Crippen molar-refractivity contribution in [1.82, 2.24) is 0 Å². The molecule has 4 rings (SSSR count). The van der Waals surface area contributed by atoms with E-state index >= 15 is 0 Å². The Morgan fingerprint density at radius 2 is 1.60 bits per heavy atom. The quantitative estimate of drug-likeness (QED) is 0.244. The van der Waals surface area contributed by atoms with Gasteiger partial charge in [0.15, 0.2) is 0 Å². The highest BCUT2D eigenvalue weighted by molar-refractivity contribution is 6.31. The molecule has 0 saturated heterocycles. The van der Waals surface area contributed by atoms with Gasteiger partial charge in [-0.2, -0.15) is 13.2 Å². The van der Waals surface area contributed by atoms with Crippen molar-refractivity contribution in [2.45, 2.75) is 74.4 Å². The van der Waals surface area contributed by atoms with Crippen LogP contribution in [0.1, 0.15) is 37.0 Å². The van der Waals surface area contributed by atoms with E-state index in [0.717, 1.165) is 5.56 Å². The van der Waals surface area contributed by atoms with Crippen LogP contribution >= 0.6 is 11.6 Å². The van der Waals surface area contributed by atoms with Crippen LogP contribution in [0.5, 0.6) is 5.75 Å². The smallest absolute Gasteiger partial charge is 0.411 e. The molecule has 2 bridgehead atoms. The summed E-state index contributed by atoms with van der Waals surface area (Å²) in [5, 5.41) is 67.0. The first kappa shape index (κ1) is 31.0. The van der Waals surface area contributed by atoms with E-state index in [4.69, 9.17) is 16.3 Å². The van der Waals surface area contributed by atoms with Crippen molar-refractivity contribution in [2.24, 2.45) is 5.41 Å². The largest absolute Gasteiger partial charge is 0.491 e. The molecule has 0 amide bonds. The minimum Gasteiger partial charge on any atom is -0.491 e. The summed E-state index contributed by atoms with van der Waals surface area (Å²) in [4.78, 5) is 0. The summed E-state index contributed by atoms with van der Waals surface area (Å²) < 4.78 is 46.3. The van der Waals surface area contributed by atoms with Gasteiger partial charge < -0.3 is 40.1 Å². The van der Waals surface area contributed by atoms with Gasteiger partial charge >= 0.3 is 6.18 Å². The molecule has 222 valence electrons. The second-order valence-corrected chi connectivity index (χ2v) is 11.6. The molecular weight excluding hydrogens is 557 g/mol. The number of benzene rings is 2. The highest BCUT2D eigenvalue weighted by atomic mass is 35.5. The van der Waals surface area contributed by atoms with Crippen molar-refractivity contribution in [3.8, 4) is 5.75 Å². The van der Waals surface area contributed by atoms with Gasteiger partial charge in [-0.1, -0.05) is 35.9 Å². The Kier molecular flexibility index (Phi) is 8.55. The lowest BCUT2D eigenvalue weighted by atomic mass is 9.55. The number of fused-ring (bicyclic) bond motifs is 2. The third-order valence-electron chi connectivity index (χ3n) is 8.45. The molecule has 2 unspecified atom stereocenters. The molecule has 40 heavy (non-hydrogen) atoms. The minimum absolute atomic E-state index is 0.0644. The fourth-order valence-corrected chi connectivity index (χ4v) is 6.57. The highest BCUT2D eigenvalue weighted by Crippen LogP contribution is 2.63. The highest BCUT2D eigenvalue weighted by Gasteiger charge is 2.77. The first-order valence-electron chi connectivity index (χ1n) is 12.8. The Hall–Kier alpha value is -1.96. The lowest BCUT2D eigenvalue weighted by molar-refractivity contribution is -0.254. The number of rotatable bonds is 9. The van der Waals surface area contributed by atoms with Gasteiger partial charge in [0.2, 0.25) is 0 Å². The van der Waals surface area contributed by atoms with E-state index < -0.39 is 59.7 Å². The number of alkyl halides is 3.